The third-order valence-corrected chi connectivity index (χ3v) is 6.23. The van der Waals surface area contributed by atoms with Crippen LogP contribution in [0.4, 0.5) is 10.1 Å². The number of hydrogen-bond donors (Lipinski definition) is 0. The highest BCUT2D eigenvalue weighted by Crippen LogP contribution is 2.23. The Hall–Kier alpha value is -3.94. The Balaban J connectivity index is 1.46. The van der Waals surface area contributed by atoms with Crippen molar-refractivity contribution in [2.45, 2.75) is 32.7 Å². The van der Waals surface area contributed by atoms with Crippen LogP contribution in [-0.4, -0.2) is 42.4 Å². The Morgan fingerprint density at radius 3 is 2.44 bits per heavy atom. The van der Waals surface area contributed by atoms with Gasteiger partial charge in [-0.25, -0.2) is 4.39 Å². The Bertz CT molecular complexity index is 1180. The third kappa shape index (κ3) is 6.19. The number of esters is 1. The van der Waals surface area contributed by atoms with Gasteiger partial charge < -0.3 is 19.0 Å². The van der Waals surface area contributed by atoms with Gasteiger partial charge in [0.25, 0.3) is 5.91 Å². The normalized spacial score (nSPS) is 15.4. The van der Waals surface area contributed by atoms with Gasteiger partial charge in [0, 0.05) is 18.8 Å². The van der Waals surface area contributed by atoms with Crippen molar-refractivity contribution in [2.24, 2.45) is 5.92 Å². The summed E-state index contributed by atoms with van der Waals surface area (Å²) in [5.74, 6) is -1.06. The second-order valence-corrected chi connectivity index (χ2v) is 8.77. The van der Waals surface area contributed by atoms with Crippen LogP contribution in [0, 0.1) is 11.7 Å². The predicted molar refractivity (Wildman–Crippen MR) is 132 cm³/mol. The molecule has 1 aromatic heterocycles. The van der Waals surface area contributed by atoms with Crippen LogP contribution in [0.3, 0.4) is 0 Å². The minimum atomic E-state index is -0.348. The fraction of sp³-hybridized carbons (Fsp3) is 0.321. The molecule has 1 atom stereocenters. The number of likely N-dealkylation sites (tertiary alicyclic amines) is 1. The fourth-order valence-corrected chi connectivity index (χ4v) is 4.32. The average molecular weight is 493 g/mol. The third-order valence-electron chi connectivity index (χ3n) is 6.23. The van der Waals surface area contributed by atoms with E-state index in [1.807, 2.05) is 12.1 Å². The summed E-state index contributed by atoms with van der Waals surface area (Å²) in [6.45, 7) is 3.32. The summed E-state index contributed by atoms with van der Waals surface area (Å²) >= 11 is 0. The van der Waals surface area contributed by atoms with E-state index in [4.69, 9.17) is 9.15 Å². The minimum absolute atomic E-state index is 0.0495. The van der Waals surface area contributed by atoms with Crippen molar-refractivity contribution in [3.8, 4) is 0 Å². The SMILES string of the molecule is CCOC(=O)[C@H]1CCCN(C(=O)Cc2ccc(N(Cc3ccc(F)cc3)C(=O)c3ccco3)cc2)C1. The number of hydrogen-bond acceptors (Lipinski definition) is 5. The molecule has 0 radical (unpaired) electrons. The Morgan fingerprint density at radius 1 is 1.06 bits per heavy atom. The van der Waals surface area contributed by atoms with Crippen molar-refractivity contribution >= 4 is 23.5 Å². The van der Waals surface area contributed by atoms with Gasteiger partial charge in [-0.2, -0.15) is 0 Å². The molecule has 1 aliphatic heterocycles. The topological polar surface area (TPSA) is 80.1 Å². The Morgan fingerprint density at radius 2 is 1.78 bits per heavy atom. The van der Waals surface area contributed by atoms with E-state index in [1.54, 1.807) is 53.1 Å². The molecule has 3 aromatic rings. The van der Waals surface area contributed by atoms with E-state index in [1.165, 1.54) is 18.4 Å². The molecule has 1 fully saturated rings. The molecule has 1 aliphatic rings. The van der Waals surface area contributed by atoms with Crippen LogP contribution in [0.15, 0.2) is 71.3 Å². The first-order valence-electron chi connectivity index (χ1n) is 12.1. The number of halogens is 1. The maximum Gasteiger partial charge on any atom is 0.310 e. The van der Waals surface area contributed by atoms with Gasteiger partial charge in [0.05, 0.1) is 31.8 Å². The predicted octanol–water partition coefficient (Wildman–Crippen LogP) is 4.61. The molecule has 2 heterocycles. The van der Waals surface area contributed by atoms with Crippen molar-refractivity contribution in [3.05, 3.63) is 89.6 Å². The highest BCUT2D eigenvalue weighted by molar-refractivity contribution is 6.04. The van der Waals surface area contributed by atoms with Crippen molar-refractivity contribution in [3.63, 3.8) is 0 Å². The standard InChI is InChI=1S/C28H29FN2O5/c1-2-35-28(34)22-5-3-15-30(19-22)26(32)17-20-9-13-24(14-10-20)31(27(33)25-6-4-16-36-25)18-21-7-11-23(29)12-8-21/h4,6-14,16,22H,2-3,5,15,17-19H2,1H3/t22-/m0/s1. The molecule has 4 rings (SSSR count). The Labute approximate surface area is 209 Å². The highest BCUT2D eigenvalue weighted by atomic mass is 19.1. The number of piperidine rings is 1. The smallest absolute Gasteiger partial charge is 0.310 e. The lowest BCUT2D eigenvalue weighted by Crippen LogP contribution is -2.43. The molecular formula is C28H29FN2O5. The molecule has 0 saturated carbocycles. The van der Waals surface area contributed by atoms with Crippen molar-refractivity contribution < 1.29 is 27.9 Å². The second kappa shape index (κ2) is 11.7. The molecule has 0 unspecified atom stereocenters. The number of nitrogens with zero attached hydrogens (tertiary/aromatic N) is 2. The Kier molecular flexibility index (Phi) is 8.15. The number of amides is 2. The lowest BCUT2D eigenvalue weighted by molar-refractivity contribution is -0.151. The van der Waals surface area contributed by atoms with Crippen LogP contribution in [-0.2, 0) is 27.3 Å². The van der Waals surface area contributed by atoms with E-state index >= 15 is 0 Å². The molecule has 7 nitrogen and oxygen atoms in total. The largest absolute Gasteiger partial charge is 0.466 e. The van der Waals surface area contributed by atoms with E-state index in [0.717, 1.165) is 24.0 Å². The second-order valence-electron chi connectivity index (χ2n) is 8.77. The zero-order chi connectivity index (χ0) is 25.5. The molecule has 188 valence electrons. The molecule has 1 saturated heterocycles. The maximum atomic E-state index is 13.4. The molecule has 0 spiro atoms. The lowest BCUT2D eigenvalue weighted by Gasteiger charge is -2.31. The van der Waals surface area contributed by atoms with Gasteiger partial charge >= 0.3 is 5.97 Å². The van der Waals surface area contributed by atoms with Crippen LogP contribution in [0.5, 0.6) is 0 Å². The van der Waals surface area contributed by atoms with Gasteiger partial charge in [-0.05, 0) is 67.3 Å². The number of rotatable bonds is 8. The van der Waals surface area contributed by atoms with Gasteiger partial charge in [-0.15, -0.1) is 0 Å². The fourth-order valence-electron chi connectivity index (χ4n) is 4.32. The zero-order valence-corrected chi connectivity index (χ0v) is 20.2. The highest BCUT2D eigenvalue weighted by Gasteiger charge is 2.29. The summed E-state index contributed by atoms with van der Waals surface area (Å²) < 4.78 is 23.8. The average Bonchev–Trinajstić information content (AvgIpc) is 3.44. The minimum Gasteiger partial charge on any atom is -0.466 e. The van der Waals surface area contributed by atoms with Crippen LogP contribution >= 0.6 is 0 Å². The van der Waals surface area contributed by atoms with Gasteiger partial charge in [-0.3, -0.25) is 14.4 Å². The van der Waals surface area contributed by atoms with E-state index in [9.17, 15) is 18.8 Å². The van der Waals surface area contributed by atoms with Gasteiger partial charge in [0.1, 0.15) is 5.82 Å². The van der Waals surface area contributed by atoms with Crippen molar-refractivity contribution in [1.29, 1.82) is 0 Å². The molecular weight excluding hydrogens is 463 g/mol. The van der Waals surface area contributed by atoms with E-state index in [2.05, 4.69) is 0 Å². The first-order chi connectivity index (χ1) is 17.4. The number of carbonyl (C=O) groups is 3. The molecule has 36 heavy (non-hydrogen) atoms. The van der Waals surface area contributed by atoms with Crippen LogP contribution in [0.1, 0.15) is 41.4 Å². The first kappa shape index (κ1) is 25.2. The van der Waals surface area contributed by atoms with Crippen LogP contribution in [0.25, 0.3) is 0 Å². The number of carbonyl (C=O) groups excluding carboxylic acids is 3. The summed E-state index contributed by atoms with van der Waals surface area (Å²) in [6, 6.07) is 16.4. The van der Waals surface area contributed by atoms with Crippen LogP contribution < -0.4 is 4.90 Å². The molecule has 2 aromatic carbocycles. The van der Waals surface area contributed by atoms with E-state index in [-0.39, 0.29) is 48.2 Å². The zero-order valence-electron chi connectivity index (χ0n) is 20.2. The van der Waals surface area contributed by atoms with Gasteiger partial charge in [0.2, 0.25) is 5.91 Å². The van der Waals surface area contributed by atoms with Crippen molar-refractivity contribution in [1.82, 2.24) is 4.90 Å². The van der Waals surface area contributed by atoms with Gasteiger partial charge in [-0.1, -0.05) is 24.3 Å². The molecule has 0 aliphatic carbocycles. The quantitative estimate of drug-likeness (QED) is 0.429. The monoisotopic (exact) mass is 492 g/mol. The van der Waals surface area contributed by atoms with Crippen molar-refractivity contribution in [2.75, 3.05) is 24.6 Å². The molecule has 0 bridgehead atoms. The molecule has 0 N–H and O–H groups in total. The lowest BCUT2D eigenvalue weighted by atomic mass is 9.97. The summed E-state index contributed by atoms with van der Waals surface area (Å²) in [5, 5.41) is 0. The first-order valence-corrected chi connectivity index (χ1v) is 12.1. The molecule has 8 heteroatoms. The number of benzene rings is 2. The van der Waals surface area contributed by atoms with E-state index < -0.39 is 0 Å². The number of anilines is 1. The number of ether oxygens (including phenoxy) is 1. The van der Waals surface area contributed by atoms with E-state index in [0.29, 0.717) is 25.4 Å². The van der Waals surface area contributed by atoms with Gasteiger partial charge in [0.15, 0.2) is 5.76 Å². The number of furan rings is 1. The summed E-state index contributed by atoms with van der Waals surface area (Å²) in [4.78, 5) is 41.4. The summed E-state index contributed by atoms with van der Waals surface area (Å²) in [7, 11) is 0. The van der Waals surface area contributed by atoms with Crippen LogP contribution in [0.2, 0.25) is 0 Å². The summed E-state index contributed by atoms with van der Waals surface area (Å²) in [5.41, 5.74) is 2.18. The summed E-state index contributed by atoms with van der Waals surface area (Å²) in [6.07, 6.45) is 3.12. The molecule has 2 amide bonds. The maximum absolute atomic E-state index is 13.4.